The van der Waals surface area contributed by atoms with Crippen molar-refractivity contribution in [1.82, 2.24) is 5.43 Å². The Bertz CT molecular complexity index is 106. The standard InChI is InChI=1S/C2H4N2O3.2ClH/c3-4-1(5)2(6)7;;/h3H2,(H,4,5)(H,6,7);2*1H. The third-order valence-corrected chi connectivity index (χ3v) is 0.325. The third-order valence-electron chi connectivity index (χ3n) is 0.325. The fraction of sp³-hybridized carbons (Fsp3) is 0. The molecule has 0 aliphatic rings. The van der Waals surface area contributed by atoms with Crippen LogP contribution < -0.4 is 11.3 Å². The van der Waals surface area contributed by atoms with Crippen molar-refractivity contribution in [2.75, 3.05) is 0 Å². The highest BCUT2D eigenvalue weighted by atomic mass is 35.5. The van der Waals surface area contributed by atoms with Gasteiger partial charge in [-0.1, -0.05) is 0 Å². The molecule has 0 aromatic heterocycles. The van der Waals surface area contributed by atoms with Gasteiger partial charge in [0.1, 0.15) is 0 Å². The second-order valence-corrected chi connectivity index (χ2v) is 0.779. The maximum absolute atomic E-state index is 9.68. The summed E-state index contributed by atoms with van der Waals surface area (Å²) in [7, 11) is 0. The van der Waals surface area contributed by atoms with Crippen molar-refractivity contribution in [3.05, 3.63) is 0 Å². The van der Waals surface area contributed by atoms with Crippen molar-refractivity contribution < 1.29 is 14.7 Å². The molecule has 0 saturated carbocycles. The van der Waals surface area contributed by atoms with Gasteiger partial charge in [0.05, 0.1) is 0 Å². The number of carbonyl (C=O) groups excluding carboxylic acids is 1. The predicted molar refractivity (Wildman–Crippen MR) is 34.5 cm³/mol. The molecule has 0 heterocycles. The SMILES string of the molecule is Cl.Cl.NNC(=O)C(=O)O. The minimum Gasteiger partial charge on any atom is -0.474 e. The van der Waals surface area contributed by atoms with Crippen LogP contribution >= 0.6 is 24.8 Å². The van der Waals surface area contributed by atoms with E-state index in [1.165, 1.54) is 5.43 Å². The molecule has 0 saturated heterocycles. The Kier molecular flexibility index (Phi) is 13.1. The number of hydrazine groups is 1. The van der Waals surface area contributed by atoms with Crippen molar-refractivity contribution in [1.29, 1.82) is 0 Å². The van der Waals surface area contributed by atoms with Crippen LogP contribution in [-0.4, -0.2) is 17.0 Å². The number of amides is 1. The molecule has 0 spiro atoms. The molecule has 0 aliphatic heterocycles. The molecular weight excluding hydrogens is 171 g/mol. The number of rotatable bonds is 0. The summed E-state index contributed by atoms with van der Waals surface area (Å²) in [4.78, 5) is 19.1. The Morgan fingerprint density at radius 2 is 1.67 bits per heavy atom. The van der Waals surface area contributed by atoms with E-state index in [0.717, 1.165) is 0 Å². The summed E-state index contributed by atoms with van der Waals surface area (Å²) >= 11 is 0. The van der Waals surface area contributed by atoms with E-state index in [1.54, 1.807) is 0 Å². The number of carboxylic acids is 1. The first-order valence-electron chi connectivity index (χ1n) is 1.42. The molecule has 5 nitrogen and oxygen atoms in total. The molecule has 0 rings (SSSR count). The summed E-state index contributed by atoms with van der Waals surface area (Å²) in [5.41, 5.74) is 1.43. The van der Waals surface area contributed by atoms with Gasteiger partial charge in [-0.2, -0.15) is 0 Å². The smallest absolute Gasteiger partial charge is 0.395 e. The van der Waals surface area contributed by atoms with E-state index in [0.29, 0.717) is 0 Å². The summed E-state index contributed by atoms with van der Waals surface area (Å²) in [5.74, 6) is 1.60. The van der Waals surface area contributed by atoms with Gasteiger partial charge >= 0.3 is 11.9 Å². The zero-order valence-electron chi connectivity index (χ0n) is 4.16. The van der Waals surface area contributed by atoms with Gasteiger partial charge in [-0.3, -0.25) is 10.2 Å². The minimum atomic E-state index is -1.58. The highest BCUT2D eigenvalue weighted by Gasteiger charge is 2.05. The zero-order valence-corrected chi connectivity index (χ0v) is 5.79. The molecule has 0 aliphatic carbocycles. The summed E-state index contributed by atoms with van der Waals surface area (Å²) in [6, 6.07) is 0. The monoisotopic (exact) mass is 176 g/mol. The van der Waals surface area contributed by atoms with Crippen LogP contribution in [0, 0.1) is 0 Å². The molecule has 0 atom stereocenters. The number of halogens is 2. The van der Waals surface area contributed by atoms with E-state index in [4.69, 9.17) is 5.11 Å². The summed E-state index contributed by atoms with van der Waals surface area (Å²) in [5, 5.41) is 7.69. The maximum atomic E-state index is 9.68. The lowest BCUT2D eigenvalue weighted by atomic mass is 10.7. The maximum Gasteiger partial charge on any atom is 0.395 e. The topological polar surface area (TPSA) is 92.4 Å². The largest absolute Gasteiger partial charge is 0.474 e. The number of carboxylic acid groups (broad SMARTS) is 1. The van der Waals surface area contributed by atoms with Crippen molar-refractivity contribution in [3.63, 3.8) is 0 Å². The Labute approximate surface area is 63.4 Å². The number of nitrogens with two attached hydrogens (primary N) is 1. The highest BCUT2D eigenvalue weighted by molar-refractivity contribution is 6.31. The molecule has 0 unspecified atom stereocenters. The Hall–Kier alpha value is -0.520. The van der Waals surface area contributed by atoms with Gasteiger partial charge < -0.3 is 5.11 Å². The van der Waals surface area contributed by atoms with E-state index in [-0.39, 0.29) is 24.8 Å². The van der Waals surface area contributed by atoms with E-state index in [2.05, 4.69) is 5.84 Å². The molecule has 4 N–H and O–H groups in total. The summed E-state index contributed by atoms with van der Waals surface area (Å²) in [6.45, 7) is 0. The van der Waals surface area contributed by atoms with Crippen LogP contribution in [0.3, 0.4) is 0 Å². The fourth-order valence-electron chi connectivity index (χ4n) is 0.0617. The summed E-state index contributed by atoms with van der Waals surface area (Å²) in [6.07, 6.45) is 0. The number of aliphatic carboxylic acids is 1. The highest BCUT2D eigenvalue weighted by Crippen LogP contribution is 1.56. The second kappa shape index (κ2) is 7.48. The average molecular weight is 177 g/mol. The number of carbonyl (C=O) groups is 2. The Balaban J connectivity index is -0.000000180. The van der Waals surface area contributed by atoms with Crippen LogP contribution in [-0.2, 0) is 9.59 Å². The van der Waals surface area contributed by atoms with Gasteiger partial charge in [0.25, 0.3) is 0 Å². The molecular formula is C2H6Cl2N2O3. The lowest BCUT2D eigenvalue weighted by Gasteiger charge is -1.85. The molecule has 9 heavy (non-hydrogen) atoms. The van der Waals surface area contributed by atoms with E-state index in [9.17, 15) is 9.59 Å². The normalized spacial score (nSPS) is 5.89. The van der Waals surface area contributed by atoms with Crippen LogP contribution in [0.5, 0.6) is 0 Å². The summed E-state index contributed by atoms with van der Waals surface area (Å²) < 4.78 is 0. The van der Waals surface area contributed by atoms with Gasteiger partial charge in [0, 0.05) is 0 Å². The van der Waals surface area contributed by atoms with Gasteiger partial charge in [-0.15, -0.1) is 24.8 Å². The molecule has 0 bridgehead atoms. The van der Waals surface area contributed by atoms with Crippen molar-refractivity contribution in [3.8, 4) is 0 Å². The lowest BCUT2D eigenvalue weighted by molar-refractivity contribution is -0.150. The van der Waals surface area contributed by atoms with Crippen LogP contribution in [0.4, 0.5) is 0 Å². The predicted octanol–water partition coefficient (Wildman–Crippen LogP) is -1.10. The number of hydrogen-bond acceptors (Lipinski definition) is 3. The molecule has 0 radical (unpaired) electrons. The first kappa shape index (κ1) is 15.8. The van der Waals surface area contributed by atoms with Gasteiger partial charge in [0.15, 0.2) is 0 Å². The molecule has 0 aromatic carbocycles. The molecule has 56 valence electrons. The fourth-order valence-corrected chi connectivity index (χ4v) is 0.0617. The average Bonchev–Trinajstić information content (AvgIpc) is 1.65. The van der Waals surface area contributed by atoms with Crippen LogP contribution in [0.1, 0.15) is 0 Å². The van der Waals surface area contributed by atoms with Crippen molar-refractivity contribution in [2.45, 2.75) is 0 Å². The molecule has 0 aromatic rings. The lowest BCUT2D eigenvalue weighted by Crippen LogP contribution is -2.35. The van der Waals surface area contributed by atoms with Gasteiger partial charge in [-0.05, 0) is 0 Å². The molecule has 7 heteroatoms. The van der Waals surface area contributed by atoms with Crippen molar-refractivity contribution in [2.24, 2.45) is 5.84 Å². The number of nitrogens with one attached hydrogen (secondary N) is 1. The van der Waals surface area contributed by atoms with Gasteiger partial charge in [-0.25, -0.2) is 10.6 Å². The molecule has 1 amide bonds. The molecule has 0 fully saturated rings. The Morgan fingerprint density at radius 3 is 1.67 bits per heavy atom. The van der Waals surface area contributed by atoms with E-state index >= 15 is 0 Å². The third kappa shape index (κ3) is 7.48. The van der Waals surface area contributed by atoms with Crippen LogP contribution in [0.2, 0.25) is 0 Å². The van der Waals surface area contributed by atoms with Crippen LogP contribution in [0.15, 0.2) is 0 Å². The quantitative estimate of drug-likeness (QED) is 0.189. The zero-order chi connectivity index (χ0) is 5.86. The van der Waals surface area contributed by atoms with E-state index in [1.807, 2.05) is 0 Å². The first-order valence-corrected chi connectivity index (χ1v) is 1.42. The van der Waals surface area contributed by atoms with E-state index < -0.39 is 11.9 Å². The minimum absolute atomic E-state index is 0. The van der Waals surface area contributed by atoms with Crippen molar-refractivity contribution >= 4 is 36.7 Å². The second-order valence-electron chi connectivity index (χ2n) is 0.779. The number of hydrogen-bond donors (Lipinski definition) is 3. The van der Waals surface area contributed by atoms with Crippen LogP contribution in [0.25, 0.3) is 0 Å². The first-order chi connectivity index (χ1) is 3.18. The Morgan fingerprint density at radius 1 is 1.33 bits per heavy atom. The van der Waals surface area contributed by atoms with Gasteiger partial charge in [0.2, 0.25) is 0 Å².